The summed E-state index contributed by atoms with van der Waals surface area (Å²) >= 11 is 0. The van der Waals surface area contributed by atoms with E-state index in [4.69, 9.17) is 10.5 Å². The van der Waals surface area contributed by atoms with Crippen molar-refractivity contribution in [3.8, 4) is 0 Å². The Balaban J connectivity index is 2.64. The Morgan fingerprint density at radius 2 is 2.12 bits per heavy atom. The van der Waals surface area contributed by atoms with Crippen LogP contribution >= 0.6 is 0 Å². The summed E-state index contributed by atoms with van der Waals surface area (Å²) in [7, 11) is -1.56. The maximum atomic E-state index is 12.0. The van der Waals surface area contributed by atoms with Crippen LogP contribution in [0.15, 0.2) is 0 Å². The highest BCUT2D eigenvalue weighted by molar-refractivity contribution is 7.91. The van der Waals surface area contributed by atoms with Crippen molar-refractivity contribution in [1.82, 2.24) is 0 Å². The number of hydrogen-bond donors (Lipinski definition) is 1. The van der Waals surface area contributed by atoms with E-state index in [9.17, 15) is 13.2 Å². The average molecular weight is 263 g/mol. The monoisotopic (exact) mass is 263 g/mol. The summed E-state index contributed by atoms with van der Waals surface area (Å²) in [6, 6.07) is -0.636. The highest BCUT2D eigenvalue weighted by Gasteiger charge is 2.34. The Hall–Kier alpha value is -0.460. The van der Waals surface area contributed by atoms with Crippen molar-refractivity contribution in [1.29, 1.82) is 0 Å². The molecule has 0 heterocycles. The Morgan fingerprint density at radius 3 is 2.65 bits per heavy atom. The molecule has 100 valence electrons. The number of rotatable bonds is 5. The third-order valence-electron chi connectivity index (χ3n) is 3.35. The third kappa shape index (κ3) is 4.04. The first-order valence-corrected chi connectivity index (χ1v) is 7.78. The van der Waals surface area contributed by atoms with E-state index in [2.05, 4.69) is 0 Å². The van der Waals surface area contributed by atoms with Crippen LogP contribution in [-0.2, 0) is 19.4 Å². The van der Waals surface area contributed by atoms with E-state index < -0.39 is 15.9 Å². The van der Waals surface area contributed by atoms with E-state index in [1.807, 2.05) is 0 Å². The van der Waals surface area contributed by atoms with E-state index >= 15 is 0 Å². The maximum absolute atomic E-state index is 12.0. The Kier molecular flexibility index (Phi) is 5.09. The number of sulfone groups is 1. The van der Waals surface area contributed by atoms with Crippen LogP contribution in [-0.4, -0.2) is 45.5 Å². The largest absolute Gasteiger partial charge is 0.383 e. The minimum Gasteiger partial charge on any atom is -0.383 e. The second-order valence-corrected chi connectivity index (χ2v) is 7.10. The number of nitrogens with two attached hydrogens (primary N) is 1. The summed E-state index contributed by atoms with van der Waals surface area (Å²) in [5.74, 6) is -0.297. The lowest BCUT2D eigenvalue weighted by Crippen LogP contribution is -2.42. The van der Waals surface area contributed by atoms with Crippen molar-refractivity contribution in [3.05, 3.63) is 0 Å². The van der Waals surface area contributed by atoms with Gasteiger partial charge in [-0.25, -0.2) is 8.42 Å². The predicted molar refractivity (Wildman–Crippen MR) is 65.4 cm³/mol. The molecule has 5 nitrogen and oxygen atoms in total. The molecule has 1 aliphatic rings. The molecule has 0 saturated heterocycles. The van der Waals surface area contributed by atoms with Crippen molar-refractivity contribution in [2.24, 2.45) is 11.7 Å². The standard InChI is InChI=1S/C11H21NO4S/c1-16-7-10(12)11(13)8-4-3-5-9(6-8)17(2,14)15/h8-10H,3-7,12H2,1-2H3. The fourth-order valence-electron chi connectivity index (χ4n) is 2.36. The third-order valence-corrected chi connectivity index (χ3v) is 4.98. The minimum absolute atomic E-state index is 0.0693. The molecular formula is C11H21NO4S. The van der Waals surface area contributed by atoms with Crippen LogP contribution in [0, 0.1) is 5.92 Å². The molecule has 0 amide bonds. The molecule has 0 bridgehead atoms. The van der Waals surface area contributed by atoms with Gasteiger partial charge in [0.15, 0.2) is 5.78 Å². The van der Waals surface area contributed by atoms with Crippen molar-refractivity contribution < 1.29 is 17.9 Å². The van der Waals surface area contributed by atoms with Gasteiger partial charge in [0.1, 0.15) is 9.84 Å². The van der Waals surface area contributed by atoms with Crippen LogP contribution in [0.4, 0.5) is 0 Å². The quantitative estimate of drug-likeness (QED) is 0.762. The SMILES string of the molecule is COCC(N)C(=O)C1CCCC(S(C)(=O)=O)C1. The molecule has 0 aromatic heterocycles. The molecule has 17 heavy (non-hydrogen) atoms. The summed E-state index contributed by atoms with van der Waals surface area (Å²) in [6.45, 7) is 0.193. The van der Waals surface area contributed by atoms with Crippen molar-refractivity contribution in [3.63, 3.8) is 0 Å². The van der Waals surface area contributed by atoms with Crippen LogP contribution in [0.1, 0.15) is 25.7 Å². The first-order chi connectivity index (χ1) is 7.86. The average Bonchev–Trinajstić information content (AvgIpc) is 2.27. The van der Waals surface area contributed by atoms with Crippen LogP contribution in [0.2, 0.25) is 0 Å². The molecule has 1 fully saturated rings. The second kappa shape index (κ2) is 5.93. The van der Waals surface area contributed by atoms with Crippen molar-refractivity contribution in [2.45, 2.75) is 37.0 Å². The van der Waals surface area contributed by atoms with Crippen LogP contribution < -0.4 is 5.73 Å². The number of hydrogen-bond acceptors (Lipinski definition) is 5. The zero-order valence-electron chi connectivity index (χ0n) is 10.4. The van der Waals surface area contributed by atoms with Crippen LogP contribution in [0.5, 0.6) is 0 Å². The zero-order chi connectivity index (χ0) is 13.1. The van der Waals surface area contributed by atoms with Gasteiger partial charge < -0.3 is 10.5 Å². The molecular weight excluding hydrogens is 242 g/mol. The van der Waals surface area contributed by atoms with Crippen molar-refractivity contribution >= 4 is 15.6 Å². The lowest BCUT2D eigenvalue weighted by Gasteiger charge is -2.28. The molecule has 1 aliphatic carbocycles. The van der Waals surface area contributed by atoms with Gasteiger partial charge in [-0.05, 0) is 19.3 Å². The Labute approximate surface area is 103 Å². The van der Waals surface area contributed by atoms with Gasteiger partial charge >= 0.3 is 0 Å². The van der Waals surface area contributed by atoms with Crippen LogP contribution in [0.25, 0.3) is 0 Å². The fraction of sp³-hybridized carbons (Fsp3) is 0.909. The van der Waals surface area contributed by atoms with Gasteiger partial charge in [-0.1, -0.05) is 6.42 Å². The van der Waals surface area contributed by atoms with E-state index in [1.165, 1.54) is 13.4 Å². The number of Topliss-reactive ketones (excluding diaryl/α,β-unsaturated/α-hetero) is 1. The fourth-order valence-corrected chi connectivity index (χ4v) is 3.53. The summed E-state index contributed by atoms with van der Waals surface area (Å²) in [4.78, 5) is 12.0. The molecule has 3 atom stereocenters. The number of carbonyl (C=O) groups excluding carboxylic acids is 1. The van der Waals surface area contributed by atoms with E-state index in [0.29, 0.717) is 12.8 Å². The highest BCUT2D eigenvalue weighted by Crippen LogP contribution is 2.29. The molecule has 3 unspecified atom stereocenters. The Bertz CT molecular complexity index is 366. The first-order valence-electron chi connectivity index (χ1n) is 5.83. The molecule has 1 rings (SSSR count). The summed E-state index contributed by atoms with van der Waals surface area (Å²) in [5, 5.41) is -0.389. The molecule has 1 saturated carbocycles. The van der Waals surface area contributed by atoms with Crippen LogP contribution in [0.3, 0.4) is 0 Å². The lowest BCUT2D eigenvalue weighted by atomic mass is 9.84. The molecule has 6 heteroatoms. The van der Waals surface area contributed by atoms with E-state index in [1.54, 1.807) is 0 Å². The smallest absolute Gasteiger partial charge is 0.154 e. The van der Waals surface area contributed by atoms with Gasteiger partial charge in [-0.3, -0.25) is 4.79 Å². The van der Waals surface area contributed by atoms with Gasteiger partial charge in [-0.2, -0.15) is 0 Å². The molecule has 0 aliphatic heterocycles. The number of ketones is 1. The number of ether oxygens (including phenoxy) is 1. The van der Waals surface area contributed by atoms with E-state index in [-0.39, 0.29) is 23.6 Å². The molecule has 2 N–H and O–H groups in total. The van der Waals surface area contributed by atoms with Gasteiger partial charge in [0.25, 0.3) is 0 Å². The van der Waals surface area contributed by atoms with Gasteiger partial charge in [0.05, 0.1) is 17.9 Å². The first kappa shape index (κ1) is 14.6. The summed E-state index contributed by atoms with van der Waals surface area (Å²) < 4.78 is 27.8. The number of carbonyl (C=O) groups is 1. The predicted octanol–water partition coefficient (Wildman–Crippen LogP) is 0.133. The minimum atomic E-state index is -3.05. The lowest BCUT2D eigenvalue weighted by molar-refractivity contribution is -0.126. The number of methoxy groups -OCH3 is 1. The highest BCUT2D eigenvalue weighted by atomic mass is 32.2. The summed E-state index contributed by atoms with van der Waals surface area (Å²) in [6.07, 6.45) is 3.81. The molecule has 0 aromatic rings. The molecule has 0 spiro atoms. The zero-order valence-corrected chi connectivity index (χ0v) is 11.2. The van der Waals surface area contributed by atoms with Gasteiger partial charge in [0, 0.05) is 19.3 Å². The molecule has 0 aromatic carbocycles. The maximum Gasteiger partial charge on any atom is 0.154 e. The van der Waals surface area contributed by atoms with Gasteiger partial charge in [-0.15, -0.1) is 0 Å². The second-order valence-electron chi connectivity index (χ2n) is 4.78. The van der Waals surface area contributed by atoms with E-state index in [0.717, 1.165) is 12.8 Å². The molecule has 0 radical (unpaired) electrons. The van der Waals surface area contributed by atoms with Crippen molar-refractivity contribution in [2.75, 3.05) is 20.0 Å². The van der Waals surface area contributed by atoms with Gasteiger partial charge in [0.2, 0.25) is 0 Å². The Morgan fingerprint density at radius 1 is 1.47 bits per heavy atom. The normalized spacial score (nSPS) is 27.7. The topological polar surface area (TPSA) is 86.5 Å². The summed E-state index contributed by atoms with van der Waals surface area (Å²) in [5.41, 5.74) is 5.69.